The lowest BCUT2D eigenvalue weighted by Gasteiger charge is -2.60. The Kier molecular flexibility index (Phi) is 8.92. The van der Waals surface area contributed by atoms with E-state index in [4.69, 9.17) is 9.47 Å². The summed E-state index contributed by atoms with van der Waals surface area (Å²) in [4.78, 5) is 0. The molecule has 4 fully saturated rings. The summed E-state index contributed by atoms with van der Waals surface area (Å²) < 4.78 is 12.5. The smallest absolute Gasteiger partial charge is 0.186 e. The molecule has 0 bridgehead atoms. The van der Waals surface area contributed by atoms with Crippen LogP contribution in [0.3, 0.4) is 0 Å². The summed E-state index contributed by atoms with van der Waals surface area (Å²) in [5, 5.41) is 65.3. The van der Waals surface area contributed by atoms with Crippen molar-refractivity contribution in [3.63, 3.8) is 0 Å². The Morgan fingerprint density at radius 1 is 1.12 bits per heavy atom. The Morgan fingerprint density at radius 3 is 2.51 bits per heavy atom. The standard InChI is InChI=1S/C33H54O8/c1-16(2)7-10-23(35)17(3)26-25(41-31-30(39)29(38)28(37)18(4)40-31)14-22-21-9-8-19-13-20(34)11-12-32(19,5)27(21)24(36)15-33(22,26)6/h7-8,17-18,20-31,34-39H,9-15H2,1-6H3. The van der Waals surface area contributed by atoms with Crippen molar-refractivity contribution in [3.05, 3.63) is 23.3 Å². The van der Waals surface area contributed by atoms with Gasteiger partial charge >= 0.3 is 0 Å². The van der Waals surface area contributed by atoms with Gasteiger partial charge in [-0.3, -0.25) is 0 Å². The first-order chi connectivity index (χ1) is 19.2. The van der Waals surface area contributed by atoms with Crippen LogP contribution in [0.4, 0.5) is 0 Å². The molecule has 41 heavy (non-hydrogen) atoms. The third kappa shape index (κ3) is 5.39. The van der Waals surface area contributed by atoms with E-state index in [0.29, 0.717) is 25.7 Å². The van der Waals surface area contributed by atoms with Crippen LogP contribution in [-0.4, -0.2) is 85.8 Å². The van der Waals surface area contributed by atoms with E-state index >= 15 is 0 Å². The van der Waals surface area contributed by atoms with Crippen LogP contribution in [0.2, 0.25) is 0 Å². The molecule has 0 aromatic heterocycles. The topological polar surface area (TPSA) is 140 Å². The predicted molar refractivity (Wildman–Crippen MR) is 154 cm³/mol. The molecule has 0 spiro atoms. The van der Waals surface area contributed by atoms with Gasteiger partial charge in [0.25, 0.3) is 0 Å². The SMILES string of the molecule is CC(C)=CCC(O)C(C)C1C(OC2OC(C)C(O)C(O)C2O)CC2C3CC=C4CC(O)CCC4(C)C3C(O)CC21C. The Morgan fingerprint density at radius 2 is 1.83 bits per heavy atom. The number of rotatable bonds is 6. The minimum absolute atomic E-state index is 0.0897. The lowest BCUT2D eigenvalue weighted by Crippen LogP contribution is -2.58. The molecule has 8 heteroatoms. The van der Waals surface area contributed by atoms with E-state index in [1.54, 1.807) is 6.92 Å². The average molecular weight is 579 g/mol. The van der Waals surface area contributed by atoms with Gasteiger partial charge in [-0.2, -0.15) is 0 Å². The minimum Gasteiger partial charge on any atom is -0.393 e. The van der Waals surface area contributed by atoms with Crippen LogP contribution in [0, 0.1) is 40.4 Å². The first kappa shape index (κ1) is 31.6. The summed E-state index contributed by atoms with van der Waals surface area (Å²) in [6.45, 7) is 12.3. The monoisotopic (exact) mass is 578 g/mol. The molecule has 4 aliphatic carbocycles. The first-order valence-electron chi connectivity index (χ1n) is 15.9. The molecule has 234 valence electrons. The lowest BCUT2D eigenvalue weighted by molar-refractivity contribution is -0.309. The van der Waals surface area contributed by atoms with Gasteiger partial charge in [-0.05, 0) is 106 Å². The van der Waals surface area contributed by atoms with E-state index in [0.717, 1.165) is 24.8 Å². The van der Waals surface area contributed by atoms with Crippen molar-refractivity contribution in [1.29, 1.82) is 0 Å². The van der Waals surface area contributed by atoms with Gasteiger partial charge in [0.2, 0.25) is 0 Å². The van der Waals surface area contributed by atoms with Gasteiger partial charge in [0, 0.05) is 0 Å². The number of ether oxygens (including phenoxy) is 2. The molecule has 8 nitrogen and oxygen atoms in total. The van der Waals surface area contributed by atoms with Gasteiger partial charge in [0.05, 0.1) is 30.5 Å². The summed E-state index contributed by atoms with van der Waals surface area (Å²) >= 11 is 0. The van der Waals surface area contributed by atoms with Crippen LogP contribution < -0.4 is 0 Å². The number of allylic oxidation sites excluding steroid dienone is 2. The highest BCUT2D eigenvalue weighted by molar-refractivity contribution is 5.27. The molecular formula is C33H54O8. The van der Waals surface area contributed by atoms with Gasteiger partial charge < -0.3 is 40.1 Å². The highest BCUT2D eigenvalue weighted by atomic mass is 16.7. The molecule has 3 saturated carbocycles. The van der Waals surface area contributed by atoms with Gasteiger partial charge in [-0.25, -0.2) is 0 Å². The molecular weight excluding hydrogens is 524 g/mol. The van der Waals surface area contributed by atoms with Gasteiger partial charge in [-0.1, -0.05) is 44.1 Å². The highest BCUT2D eigenvalue weighted by Gasteiger charge is 2.65. The third-order valence-corrected chi connectivity index (χ3v) is 12.2. The third-order valence-electron chi connectivity index (χ3n) is 12.2. The summed E-state index contributed by atoms with van der Waals surface area (Å²) in [6, 6.07) is 0. The zero-order valence-electron chi connectivity index (χ0n) is 25.7. The lowest BCUT2D eigenvalue weighted by atomic mass is 9.46. The summed E-state index contributed by atoms with van der Waals surface area (Å²) in [6.07, 6.45) is 1.76. The number of aliphatic hydroxyl groups is 6. The maximum absolute atomic E-state index is 11.9. The fourth-order valence-corrected chi connectivity index (χ4v) is 9.99. The highest BCUT2D eigenvalue weighted by Crippen LogP contribution is 2.68. The second-order valence-electron chi connectivity index (χ2n) is 14.9. The second kappa shape index (κ2) is 11.6. The van der Waals surface area contributed by atoms with Crippen molar-refractivity contribution >= 4 is 0 Å². The Labute approximate surface area is 245 Å². The second-order valence-corrected chi connectivity index (χ2v) is 14.9. The molecule has 0 aromatic rings. The Bertz CT molecular complexity index is 1010. The number of aliphatic hydroxyl groups excluding tert-OH is 6. The zero-order valence-corrected chi connectivity index (χ0v) is 25.7. The molecule has 5 rings (SSSR count). The summed E-state index contributed by atoms with van der Waals surface area (Å²) in [5.74, 6) is 0.267. The van der Waals surface area contributed by atoms with Gasteiger partial charge in [0.15, 0.2) is 6.29 Å². The number of hydrogen-bond acceptors (Lipinski definition) is 8. The van der Waals surface area contributed by atoms with Crippen molar-refractivity contribution in [2.75, 3.05) is 0 Å². The van der Waals surface area contributed by atoms with E-state index < -0.39 is 42.9 Å². The van der Waals surface area contributed by atoms with Crippen LogP contribution in [0.1, 0.15) is 86.5 Å². The fourth-order valence-electron chi connectivity index (χ4n) is 9.99. The summed E-state index contributed by atoms with van der Waals surface area (Å²) in [7, 11) is 0. The van der Waals surface area contributed by atoms with E-state index in [1.807, 2.05) is 13.8 Å². The molecule has 1 heterocycles. The molecule has 5 aliphatic rings. The molecule has 1 saturated heterocycles. The quantitative estimate of drug-likeness (QED) is 0.264. The van der Waals surface area contributed by atoms with Gasteiger partial charge in [-0.15, -0.1) is 0 Å². The maximum atomic E-state index is 11.9. The Hall–Kier alpha value is -0.840. The summed E-state index contributed by atoms with van der Waals surface area (Å²) in [5.41, 5.74) is 1.96. The van der Waals surface area contributed by atoms with E-state index in [2.05, 4.69) is 32.9 Å². The van der Waals surface area contributed by atoms with Crippen molar-refractivity contribution < 1.29 is 40.1 Å². The first-order valence-corrected chi connectivity index (χ1v) is 15.9. The molecule has 16 unspecified atom stereocenters. The Balaban J connectivity index is 1.49. The number of fused-ring (bicyclic) bond motifs is 5. The minimum atomic E-state index is -1.39. The molecule has 0 aromatic carbocycles. The van der Waals surface area contributed by atoms with Crippen molar-refractivity contribution in [3.8, 4) is 0 Å². The normalized spacial score (nSPS) is 51.1. The zero-order chi connectivity index (χ0) is 30.0. The van der Waals surface area contributed by atoms with Gasteiger partial charge in [0.1, 0.15) is 18.3 Å². The van der Waals surface area contributed by atoms with Crippen molar-refractivity contribution in [2.24, 2.45) is 40.4 Å². The largest absolute Gasteiger partial charge is 0.393 e. The molecule has 1 aliphatic heterocycles. The van der Waals surface area contributed by atoms with Crippen molar-refractivity contribution in [2.45, 2.75) is 142 Å². The predicted octanol–water partition coefficient (Wildman–Crippen LogP) is 3.07. The average Bonchev–Trinajstić information content (AvgIpc) is 3.19. The van der Waals surface area contributed by atoms with E-state index in [9.17, 15) is 30.6 Å². The van der Waals surface area contributed by atoms with E-state index in [1.165, 1.54) is 5.57 Å². The molecule has 6 N–H and O–H groups in total. The van der Waals surface area contributed by atoms with Crippen LogP contribution >= 0.6 is 0 Å². The molecule has 16 atom stereocenters. The number of hydrogen-bond donors (Lipinski definition) is 6. The van der Waals surface area contributed by atoms with Crippen LogP contribution in [-0.2, 0) is 9.47 Å². The van der Waals surface area contributed by atoms with Crippen LogP contribution in [0.15, 0.2) is 23.3 Å². The maximum Gasteiger partial charge on any atom is 0.186 e. The molecule has 0 amide bonds. The van der Waals surface area contributed by atoms with Crippen LogP contribution in [0.5, 0.6) is 0 Å². The van der Waals surface area contributed by atoms with Crippen molar-refractivity contribution in [1.82, 2.24) is 0 Å². The molecule has 0 radical (unpaired) electrons. The van der Waals surface area contributed by atoms with Crippen LogP contribution in [0.25, 0.3) is 0 Å². The van der Waals surface area contributed by atoms with E-state index in [-0.39, 0.29) is 52.6 Å². The fraction of sp³-hybridized carbons (Fsp3) is 0.879.